The topological polar surface area (TPSA) is 29.5 Å². The molecule has 0 heterocycles. The molecule has 0 fully saturated rings. The Morgan fingerprint density at radius 2 is 2.00 bits per heavy atom. The number of hydrogen-bond acceptors (Lipinski definition) is 3. The largest absolute Gasteiger partial charge is 0.490 e. The van der Waals surface area contributed by atoms with Gasteiger partial charge in [-0.15, -0.1) is 0 Å². The van der Waals surface area contributed by atoms with Crippen molar-refractivity contribution in [2.24, 2.45) is 0 Å². The van der Waals surface area contributed by atoms with Gasteiger partial charge in [-0.2, -0.15) is 0 Å². The van der Waals surface area contributed by atoms with Crippen molar-refractivity contribution in [1.82, 2.24) is 4.90 Å². The number of benzene rings is 1. The van der Waals surface area contributed by atoms with Gasteiger partial charge in [0.2, 0.25) is 0 Å². The van der Waals surface area contributed by atoms with Crippen LogP contribution in [-0.2, 0) is 0 Å². The van der Waals surface area contributed by atoms with Gasteiger partial charge in [-0.05, 0) is 46.5 Å². The molecule has 0 radical (unpaired) electrons. The maximum absolute atomic E-state index is 11.4. The lowest BCUT2D eigenvalue weighted by Crippen LogP contribution is -2.21. The zero-order chi connectivity index (χ0) is 12.8. The van der Waals surface area contributed by atoms with Gasteiger partial charge in [0.25, 0.3) is 0 Å². The Hall–Kier alpha value is -1.35. The minimum atomic E-state index is 0.0420. The maximum atomic E-state index is 11.4. The molecular formula is C14H21NO2. The molecule has 0 bridgehead atoms. The Morgan fingerprint density at radius 3 is 2.59 bits per heavy atom. The van der Waals surface area contributed by atoms with Gasteiger partial charge in [0.1, 0.15) is 5.75 Å². The van der Waals surface area contributed by atoms with Crippen molar-refractivity contribution < 1.29 is 9.53 Å². The standard InChI is InChI=1S/C14H21NO2/c1-11(9-10-15(3)4)17-14-8-6-5-7-13(14)12(2)16/h5-8,11H,9-10H2,1-4H3. The number of ether oxygens (including phenoxy) is 1. The molecule has 0 aliphatic heterocycles. The summed E-state index contributed by atoms with van der Waals surface area (Å²) in [4.78, 5) is 13.5. The Balaban J connectivity index is 2.64. The number of para-hydroxylation sites is 1. The van der Waals surface area contributed by atoms with Crippen LogP contribution in [0.15, 0.2) is 24.3 Å². The van der Waals surface area contributed by atoms with Gasteiger partial charge < -0.3 is 9.64 Å². The highest BCUT2D eigenvalue weighted by Gasteiger charge is 2.10. The Labute approximate surface area is 103 Å². The second-order valence-corrected chi connectivity index (χ2v) is 4.57. The normalized spacial score (nSPS) is 12.5. The van der Waals surface area contributed by atoms with Crippen molar-refractivity contribution in [3.05, 3.63) is 29.8 Å². The second-order valence-electron chi connectivity index (χ2n) is 4.57. The van der Waals surface area contributed by atoms with Crippen LogP contribution in [0.3, 0.4) is 0 Å². The lowest BCUT2D eigenvalue weighted by atomic mass is 10.1. The molecule has 3 heteroatoms. The minimum absolute atomic E-state index is 0.0420. The number of nitrogens with zero attached hydrogens (tertiary/aromatic N) is 1. The lowest BCUT2D eigenvalue weighted by molar-refractivity contribution is 0.101. The van der Waals surface area contributed by atoms with E-state index in [0.29, 0.717) is 11.3 Å². The average molecular weight is 235 g/mol. The Kier molecular flexibility index (Phi) is 5.16. The van der Waals surface area contributed by atoms with Crippen LogP contribution in [0, 0.1) is 0 Å². The summed E-state index contributed by atoms with van der Waals surface area (Å²) in [5, 5.41) is 0. The molecule has 94 valence electrons. The van der Waals surface area contributed by atoms with Crippen LogP contribution in [0.1, 0.15) is 30.6 Å². The molecule has 0 N–H and O–H groups in total. The predicted octanol–water partition coefficient (Wildman–Crippen LogP) is 2.61. The molecule has 17 heavy (non-hydrogen) atoms. The minimum Gasteiger partial charge on any atom is -0.490 e. The molecule has 1 aromatic rings. The third-order valence-corrected chi connectivity index (χ3v) is 2.58. The van der Waals surface area contributed by atoms with Crippen molar-refractivity contribution in [3.8, 4) is 5.75 Å². The zero-order valence-electron chi connectivity index (χ0n) is 11.1. The summed E-state index contributed by atoms with van der Waals surface area (Å²) in [6.07, 6.45) is 1.05. The van der Waals surface area contributed by atoms with Crippen LogP contribution in [-0.4, -0.2) is 37.4 Å². The third-order valence-electron chi connectivity index (χ3n) is 2.58. The third kappa shape index (κ3) is 4.57. The van der Waals surface area contributed by atoms with E-state index in [9.17, 15) is 4.79 Å². The zero-order valence-corrected chi connectivity index (χ0v) is 11.1. The van der Waals surface area contributed by atoms with E-state index in [0.717, 1.165) is 13.0 Å². The second kappa shape index (κ2) is 6.40. The molecule has 3 nitrogen and oxygen atoms in total. The van der Waals surface area contributed by atoms with Crippen LogP contribution in [0.25, 0.3) is 0 Å². The smallest absolute Gasteiger partial charge is 0.163 e. The highest BCUT2D eigenvalue weighted by molar-refractivity contribution is 5.96. The van der Waals surface area contributed by atoms with E-state index in [-0.39, 0.29) is 11.9 Å². The average Bonchev–Trinajstić information content (AvgIpc) is 2.27. The van der Waals surface area contributed by atoms with Crippen molar-refractivity contribution in [2.75, 3.05) is 20.6 Å². The number of hydrogen-bond donors (Lipinski definition) is 0. The van der Waals surface area contributed by atoms with Crippen LogP contribution in [0.4, 0.5) is 0 Å². The quantitative estimate of drug-likeness (QED) is 0.710. The SMILES string of the molecule is CC(=O)c1ccccc1OC(C)CCN(C)C. The van der Waals surface area contributed by atoms with E-state index in [4.69, 9.17) is 4.74 Å². The molecule has 1 aromatic carbocycles. The van der Waals surface area contributed by atoms with E-state index in [1.165, 1.54) is 0 Å². The molecule has 0 aromatic heterocycles. The van der Waals surface area contributed by atoms with Gasteiger partial charge >= 0.3 is 0 Å². The molecule has 0 saturated carbocycles. The van der Waals surface area contributed by atoms with Gasteiger partial charge in [-0.3, -0.25) is 4.79 Å². The summed E-state index contributed by atoms with van der Waals surface area (Å²) in [7, 11) is 4.08. The molecule has 1 atom stereocenters. The first kappa shape index (κ1) is 13.7. The maximum Gasteiger partial charge on any atom is 0.163 e. The fourth-order valence-electron chi connectivity index (χ4n) is 1.58. The van der Waals surface area contributed by atoms with Crippen LogP contribution >= 0.6 is 0 Å². The number of Topliss-reactive ketones (excluding diaryl/α,β-unsaturated/α-hetero) is 1. The van der Waals surface area contributed by atoms with Crippen molar-refractivity contribution in [2.45, 2.75) is 26.4 Å². The first-order valence-corrected chi connectivity index (χ1v) is 5.92. The first-order valence-electron chi connectivity index (χ1n) is 5.92. The van der Waals surface area contributed by atoms with Crippen molar-refractivity contribution in [1.29, 1.82) is 0 Å². The van der Waals surface area contributed by atoms with Gasteiger partial charge in [-0.1, -0.05) is 12.1 Å². The molecule has 0 saturated heterocycles. The summed E-state index contributed by atoms with van der Waals surface area (Å²) in [6, 6.07) is 7.40. The number of carbonyl (C=O) groups excluding carboxylic acids is 1. The molecule has 1 unspecified atom stereocenters. The summed E-state index contributed by atoms with van der Waals surface area (Å²) >= 11 is 0. The van der Waals surface area contributed by atoms with E-state index in [1.807, 2.05) is 39.2 Å². The molecular weight excluding hydrogens is 214 g/mol. The van der Waals surface area contributed by atoms with Crippen LogP contribution in [0.5, 0.6) is 5.75 Å². The van der Waals surface area contributed by atoms with Gasteiger partial charge in [0, 0.05) is 6.54 Å². The van der Waals surface area contributed by atoms with Gasteiger partial charge in [0.05, 0.1) is 11.7 Å². The van der Waals surface area contributed by atoms with Gasteiger partial charge in [-0.25, -0.2) is 0 Å². The summed E-state index contributed by atoms with van der Waals surface area (Å²) in [5.41, 5.74) is 0.657. The van der Waals surface area contributed by atoms with Crippen LogP contribution in [0.2, 0.25) is 0 Å². The predicted molar refractivity (Wildman–Crippen MR) is 69.7 cm³/mol. The van der Waals surface area contributed by atoms with E-state index < -0.39 is 0 Å². The monoisotopic (exact) mass is 235 g/mol. The fraction of sp³-hybridized carbons (Fsp3) is 0.500. The van der Waals surface area contributed by atoms with Crippen LogP contribution < -0.4 is 4.74 Å². The highest BCUT2D eigenvalue weighted by Crippen LogP contribution is 2.20. The van der Waals surface area contributed by atoms with Crippen molar-refractivity contribution in [3.63, 3.8) is 0 Å². The highest BCUT2D eigenvalue weighted by atomic mass is 16.5. The Bertz CT molecular complexity index is 374. The Morgan fingerprint density at radius 1 is 1.35 bits per heavy atom. The number of ketones is 1. The molecule has 1 rings (SSSR count). The summed E-state index contributed by atoms with van der Waals surface area (Å²) < 4.78 is 5.81. The van der Waals surface area contributed by atoms with Crippen molar-refractivity contribution >= 4 is 5.78 Å². The summed E-state index contributed by atoms with van der Waals surface area (Å²) in [6.45, 7) is 4.57. The lowest BCUT2D eigenvalue weighted by Gasteiger charge is -2.18. The van der Waals surface area contributed by atoms with Gasteiger partial charge in [0.15, 0.2) is 5.78 Å². The fourth-order valence-corrected chi connectivity index (χ4v) is 1.58. The van der Waals surface area contributed by atoms with E-state index >= 15 is 0 Å². The van der Waals surface area contributed by atoms with E-state index in [2.05, 4.69) is 4.90 Å². The molecule has 0 aliphatic carbocycles. The summed E-state index contributed by atoms with van der Waals surface area (Å²) in [5.74, 6) is 0.728. The molecule has 0 aliphatic rings. The van der Waals surface area contributed by atoms with E-state index in [1.54, 1.807) is 13.0 Å². The number of carbonyl (C=O) groups is 1. The molecule has 0 spiro atoms. The molecule has 0 amide bonds. The number of rotatable bonds is 6. The first-order chi connectivity index (χ1) is 8.00.